The first kappa shape index (κ1) is 20.0. The molecule has 0 rings (SSSR count). The van der Waals surface area contributed by atoms with Crippen LogP contribution in [-0.4, -0.2) is 25.5 Å². The fourth-order valence-corrected chi connectivity index (χ4v) is 2.80. The van der Waals surface area contributed by atoms with E-state index in [2.05, 4.69) is 25.9 Å². The minimum atomic E-state index is 1.26. The molecule has 0 aliphatic rings. The molecule has 1 heteroatoms. The predicted molar refractivity (Wildman–Crippen MR) is 93.5 cm³/mol. The first-order chi connectivity index (χ1) is 9.77. The fourth-order valence-electron chi connectivity index (χ4n) is 2.80. The molecule has 0 aromatic heterocycles. The molecule has 0 saturated carbocycles. The highest BCUT2D eigenvalue weighted by Crippen LogP contribution is 2.13. The maximum absolute atomic E-state index is 2.29. The molecule has 0 aliphatic carbocycles. The molecule has 1 nitrogen and oxygen atoms in total. The Kier molecular flexibility index (Phi) is 17.0. The van der Waals surface area contributed by atoms with Gasteiger partial charge in [0, 0.05) is 0 Å². The minimum Gasteiger partial charge on any atom is -0.309 e. The van der Waals surface area contributed by atoms with E-state index < -0.39 is 0 Å². The highest BCUT2D eigenvalue weighted by molar-refractivity contribution is 4.50. The zero-order chi connectivity index (χ0) is 14.9. The summed E-state index contributed by atoms with van der Waals surface area (Å²) in [6.07, 6.45) is 21.8. The average Bonchev–Trinajstić information content (AvgIpc) is 2.43. The van der Waals surface area contributed by atoms with E-state index in [1.165, 1.54) is 103 Å². The summed E-state index contributed by atoms with van der Waals surface area (Å²) < 4.78 is 0. The number of unbranched alkanes of at least 4 members (excludes halogenated alkanes) is 14. The van der Waals surface area contributed by atoms with Crippen molar-refractivity contribution in [3.63, 3.8) is 0 Å². The lowest BCUT2D eigenvalue weighted by molar-refractivity contribution is 0.389. The van der Waals surface area contributed by atoms with Crippen molar-refractivity contribution in [2.45, 2.75) is 103 Å². The predicted octanol–water partition coefficient (Wildman–Crippen LogP) is 6.42. The van der Waals surface area contributed by atoms with Crippen molar-refractivity contribution in [1.29, 1.82) is 0 Å². The van der Waals surface area contributed by atoms with Crippen molar-refractivity contribution in [3.8, 4) is 0 Å². The summed E-state index contributed by atoms with van der Waals surface area (Å²) in [5.41, 5.74) is 0. The van der Waals surface area contributed by atoms with Crippen LogP contribution in [0, 0.1) is 0 Å². The zero-order valence-corrected chi connectivity index (χ0v) is 14.8. The molecular weight excluding hydrogens is 242 g/mol. The van der Waals surface area contributed by atoms with Crippen LogP contribution in [0.2, 0.25) is 0 Å². The zero-order valence-electron chi connectivity index (χ0n) is 14.8. The van der Waals surface area contributed by atoms with Crippen LogP contribution in [0.5, 0.6) is 0 Å². The van der Waals surface area contributed by atoms with Gasteiger partial charge < -0.3 is 4.90 Å². The number of hydrogen-bond donors (Lipinski definition) is 0. The normalized spacial score (nSPS) is 11.4. The Hall–Kier alpha value is -0.0400. The van der Waals surface area contributed by atoms with Crippen molar-refractivity contribution in [3.05, 3.63) is 0 Å². The molecule has 20 heavy (non-hydrogen) atoms. The topological polar surface area (TPSA) is 3.24 Å². The molecule has 0 amide bonds. The summed E-state index contributed by atoms with van der Waals surface area (Å²) in [6.45, 7) is 3.56. The monoisotopic (exact) mass is 283 g/mol. The molecule has 0 atom stereocenters. The first-order valence-electron chi connectivity index (χ1n) is 9.42. The molecular formula is C19H41N. The third-order valence-electron chi connectivity index (χ3n) is 4.21. The highest BCUT2D eigenvalue weighted by Gasteiger charge is 1.94. The van der Waals surface area contributed by atoms with Crippen LogP contribution in [0.3, 0.4) is 0 Å². The standard InChI is InChI=1S/C19H41N/c1-4-5-6-7-8-9-10-11-12-13-14-15-16-17-18-19-20(2)3/h4-19H2,1-3H3. The maximum atomic E-state index is 2.29. The molecule has 0 saturated heterocycles. The smallest absolute Gasteiger partial charge is 0.00248 e. The van der Waals surface area contributed by atoms with Gasteiger partial charge in [0.15, 0.2) is 0 Å². The molecule has 0 radical (unpaired) electrons. The van der Waals surface area contributed by atoms with E-state index in [1.807, 2.05) is 0 Å². The fraction of sp³-hybridized carbons (Fsp3) is 1.00. The Morgan fingerprint density at radius 2 is 0.750 bits per heavy atom. The van der Waals surface area contributed by atoms with Gasteiger partial charge in [0.1, 0.15) is 0 Å². The van der Waals surface area contributed by atoms with Gasteiger partial charge in [-0.05, 0) is 27.1 Å². The van der Waals surface area contributed by atoms with Crippen LogP contribution in [0.25, 0.3) is 0 Å². The molecule has 0 aromatic rings. The van der Waals surface area contributed by atoms with E-state index in [0.717, 1.165) is 0 Å². The van der Waals surface area contributed by atoms with Crippen LogP contribution in [0.4, 0.5) is 0 Å². The summed E-state index contributed by atoms with van der Waals surface area (Å²) >= 11 is 0. The summed E-state index contributed by atoms with van der Waals surface area (Å²) in [6, 6.07) is 0. The Morgan fingerprint density at radius 1 is 0.450 bits per heavy atom. The lowest BCUT2D eigenvalue weighted by Gasteiger charge is -2.08. The second kappa shape index (κ2) is 17.0. The largest absolute Gasteiger partial charge is 0.309 e. The lowest BCUT2D eigenvalue weighted by Crippen LogP contribution is -2.12. The third kappa shape index (κ3) is 18.0. The Labute approximate surface area is 129 Å². The van der Waals surface area contributed by atoms with Gasteiger partial charge in [-0.1, -0.05) is 96.8 Å². The van der Waals surface area contributed by atoms with Gasteiger partial charge in [0.2, 0.25) is 0 Å². The number of nitrogens with zero attached hydrogens (tertiary/aromatic N) is 1. The van der Waals surface area contributed by atoms with Gasteiger partial charge in [-0.3, -0.25) is 0 Å². The summed E-state index contributed by atoms with van der Waals surface area (Å²) in [4.78, 5) is 2.29. The van der Waals surface area contributed by atoms with Crippen LogP contribution >= 0.6 is 0 Å². The molecule has 0 bridgehead atoms. The van der Waals surface area contributed by atoms with Gasteiger partial charge in [-0.2, -0.15) is 0 Å². The second-order valence-electron chi connectivity index (χ2n) is 6.75. The van der Waals surface area contributed by atoms with Gasteiger partial charge in [-0.15, -0.1) is 0 Å². The molecule has 0 heterocycles. The SMILES string of the molecule is CCCCCCCCCCCCCCCCCN(C)C. The minimum absolute atomic E-state index is 1.26. The average molecular weight is 284 g/mol. The van der Waals surface area contributed by atoms with Crippen molar-refractivity contribution >= 4 is 0 Å². The molecule has 0 unspecified atom stereocenters. The Bertz CT molecular complexity index is 165. The molecule has 0 N–H and O–H groups in total. The van der Waals surface area contributed by atoms with Gasteiger partial charge >= 0.3 is 0 Å². The van der Waals surface area contributed by atoms with E-state index in [4.69, 9.17) is 0 Å². The van der Waals surface area contributed by atoms with Crippen LogP contribution in [-0.2, 0) is 0 Å². The molecule has 0 aromatic carbocycles. The second-order valence-corrected chi connectivity index (χ2v) is 6.75. The molecule has 0 fully saturated rings. The third-order valence-corrected chi connectivity index (χ3v) is 4.21. The molecule has 0 spiro atoms. The van der Waals surface area contributed by atoms with Crippen molar-refractivity contribution in [2.24, 2.45) is 0 Å². The lowest BCUT2D eigenvalue weighted by atomic mass is 10.0. The van der Waals surface area contributed by atoms with Gasteiger partial charge in [-0.25, -0.2) is 0 Å². The van der Waals surface area contributed by atoms with Crippen molar-refractivity contribution < 1.29 is 0 Å². The van der Waals surface area contributed by atoms with Crippen LogP contribution in [0.15, 0.2) is 0 Å². The van der Waals surface area contributed by atoms with Crippen molar-refractivity contribution in [2.75, 3.05) is 20.6 Å². The maximum Gasteiger partial charge on any atom is -0.00248 e. The van der Waals surface area contributed by atoms with Crippen LogP contribution in [0.1, 0.15) is 103 Å². The molecule has 122 valence electrons. The Morgan fingerprint density at radius 3 is 1.05 bits per heavy atom. The van der Waals surface area contributed by atoms with E-state index in [0.29, 0.717) is 0 Å². The van der Waals surface area contributed by atoms with E-state index >= 15 is 0 Å². The number of hydrogen-bond acceptors (Lipinski definition) is 1. The van der Waals surface area contributed by atoms with E-state index in [1.54, 1.807) is 0 Å². The molecule has 0 aliphatic heterocycles. The Balaban J connectivity index is 2.92. The number of rotatable bonds is 16. The van der Waals surface area contributed by atoms with E-state index in [9.17, 15) is 0 Å². The summed E-state index contributed by atoms with van der Waals surface area (Å²) in [5.74, 6) is 0. The van der Waals surface area contributed by atoms with Gasteiger partial charge in [0.25, 0.3) is 0 Å². The van der Waals surface area contributed by atoms with Crippen molar-refractivity contribution in [1.82, 2.24) is 4.90 Å². The highest BCUT2D eigenvalue weighted by atomic mass is 15.0. The quantitative estimate of drug-likeness (QED) is 0.295. The van der Waals surface area contributed by atoms with Crippen LogP contribution < -0.4 is 0 Å². The van der Waals surface area contributed by atoms with Gasteiger partial charge in [0.05, 0.1) is 0 Å². The summed E-state index contributed by atoms with van der Waals surface area (Å²) in [5, 5.41) is 0. The first-order valence-corrected chi connectivity index (χ1v) is 9.42. The summed E-state index contributed by atoms with van der Waals surface area (Å²) in [7, 11) is 4.34. The van der Waals surface area contributed by atoms with E-state index in [-0.39, 0.29) is 0 Å².